The number of hydrogen-bond acceptors (Lipinski definition) is 2. The molecule has 3 nitrogen and oxygen atoms in total. The summed E-state index contributed by atoms with van der Waals surface area (Å²) in [5, 5.41) is 2.64. The molecule has 0 saturated carbocycles. The lowest BCUT2D eigenvalue weighted by Crippen LogP contribution is -2.27. The minimum atomic E-state index is -0.740. The lowest BCUT2D eigenvalue weighted by Gasteiger charge is -2.12. The number of anilines is 1. The summed E-state index contributed by atoms with van der Waals surface area (Å²) in [6.07, 6.45) is 0. The number of rotatable bonds is 3. The molecule has 0 unspecified atom stereocenters. The van der Waals surface area contributed by atoms with Gasteiger partial charge in [0.15, 0.2) is 0 Å². The Morgan fingerprint density at radius 2 is 1.67 bits per heavy atom. The van der Waals surface area contributed by atoms with Gasteiger partial charge >= 0.3 is 0 Å². The number of halogens is 1. The summed E-state index contributed by atoms with van der Waals surface area (Å²) in [6.45, 7) is 0. The minimum absolute atomic E-state index is 0.326. The van der Waals surface area contributed by atoms with Gasteiger partial charge in [-0.2, -0.15) is 0 Å². The third-order valence-electron chi connectivity index (χ3n) is 2.55. The highest BCUT2D eigenvalue weighted by Crippen LogP contribution is 2.14. The van der Waals surface area contributed by atoms with Crippen LogP contribution in [0.1, 0.15) is 11.6 Å². The maximum atomic E-state index is 12.7. The van der Waals surface area contributed by atoms with Gasteiger partial charge in [0.1, 0.15) is 11.9 Å². The smallest absolute Gasteiger partial charge is 0.245 e. The molecular weight excluding hydrogens is 231 g/mol. The zero-order chi connectivity index (χ0) is 13.0. The third kappa shape index (κ3) is 2.93. The van der Waals surface area contributed by atoms with Crippen LogP contribution in [0.25, 0.3) is 0 Å². The van der Waals surface area contributed by atoms with Crippen LogP contribution < -0.4 is 11.1 Å². The molecule has 18 heavy (non-hydrogen) atoms. The highest BCUT2D eigenvalue weighted by atomic mass is 19.1. The van der Waals surface area contributed by atoms with Crippen molar-refractivity contribution in [1.82, 2.24) is 0 Å². The van der Waals surface area contributed by atoms with Crippen molar-refractivity contribution in [1.29, 1.82) is 0 Å². The van der Waals surface area contributed by atoms with Crippen molar-refractivity contribution in [2.24, 2.45) is 5.73 Å². The first-order chi connectivity index (χ1) is 8.66. The fraction of sp³-hybridized carbons (Fsp3) is 0.0714. The van der Waals surface area contributed by atoms with Crippen LogP contribution in [0.4, 0.5) is 10.1 Å². The standard InChI is InChI=1S/C14H13FN2O/c15-11-6-8-12(9-7-11)17-14(18)13(16)10-4-2-1-3-5-10/h1-9,13H,16H2,(H,17,18)/t13-/m0/s1. The molecule has 0 spiro atoms. The molecule has 1 amide bonds. The maximum absolute atomic E-state index is 12.7. The first kappa shape index (κ1) is 12.3. The molecule has 1 atom stereocenters. The highest BCUT2D eigenvalue weighted by molar-refractivity contribution is 5.95. The third-order valence-corrected chi connectivity index (χ3v) is 2.55. The summed E-state index contributed by atoms with van der Waals surface area (Å²) in [5.74, 6) is -0.673. The van der Waals surface area contributed by atoms with Gasteiger partial charge in [-0.3, -0.25) is 4.79 Å². The number of benzene rings is 2. The van der Waals surface area contributed by atoms with Crippen LogP contribution in [0.15, 0.2) is 54.6 Å². The van der Waals surface area contributed by atoms with Gasteiger partial charge in [-0.15, -0.1) is 0 Å². The molecule has 0 aliphatic heterocycles. The summed E-state index contributed by atoms with van der Waals surface area (Å²) >= 11 is 0. The fourth-order valence-corrected chi connectivity index (χ4v) is 1.56. The largest absolute Gasteiger partial charge is 0.324 e. The van der Waals surface area contributed by atoms with E-state index in [2.05, 4.69) is 5.32 Å². The number of carbonyl (C=O) groups is 1. The van der Waals surface area contributed by atoms with Crippen molar-refractivity contribution >= 4 is 11.6 Å². The average molecular weight is 244 g/mol. The number of amides is 1. The topological polar surface area (TPSA) is 55.1 Å². The summed E-state index contributed by atoms with van der Waals surface area (Å²) in [4.78, 5) is 11.9. The molecule has 3 N–H and O–H groups in total. The molecule has 92 valence electrons. The van der Waals surface area contributed by atoms with Crippen LogP contribution in [0.3, 0.4) is 0 Å². The van der Waals surface area contributed by atoms with Crippen molar-refractivity contribution < 1.29 is 9.18 Å². The number of carbonyl (C=O) groups excluding carboxylic acids is 1. The van der Waals surface area contributed by atoms with Gasteiger partial charge in [-0.1, -0.05) is 30.3 Å². The van der Waals surface area contributed by atoms with E-state index in [1.807, 2.05) is 18.2 Å². The van der Waals surface area contributed by atoms with E-state index in [1.165, 1.54) is 24.3 Å². The molecule has 0 aliphatic carbocycles. The lowest BCUT2D eigenvalue weighted by atomic mass is 10.1. The van der Waals surface area contributed by atoms with Crippen molar-refractivity contribution in [2.45, 2.75) is 6.04 Å². The van der Waals surface area contributed by atoms with Crippen LogP contribution >= 0.6 is 0 Å². The Hall–Kier alpha value is -2.20. The molecule has 2 aromatic carbocycles. The van der Waals surface area contributed by atoms with E-state index in [4.69, 9.17) is 5.73 Å². The molecule has 0 saturated heterocycles. The monoisotopic (exact) mass is 244 g/mol. The van der Waals surface area contributed by atoms with E-state index >= 15 is 0 Å². The van der Waals surface area contributed by atoms with Gasteiger partial charge in [-0.25, -0.2) is 4.39 Å². The first-order valence-corrected chi connectivity index (χ1v) is 5.54. The van der Waals surface area contributed by atoms with Gasteiger partial charge in [0.2, 0.25) is 5.91 Å². The van der Waals surface area contributed by atoms with E-state index in [0.29, 0.717) is 5.69 Å². The van der Waals surface area contributed by atoms with Crippen LogP contribution in [-0.2, 0) is 4.79 Å². The highest BCUT2D eigenvalue weighted by Gasteiger charge is 2.15. The summed E-state index contributed by atoms with van der Waals surface area (Å²) < 4.78 is 12.7. The van der Waals surface area contributed by atoms with Crippen molar-refractivity contribution in [3.05, 3.63) is 66.0 Å². The number of hydrogen-bond donors (Lipinski definition) is 2. The van der Waals surface area contributed by atoms with Gasteiger partial charge in [0, 0.05) is 5.69 Å². The summed E-state index contributed by atoms with van der Waals surface area (Å²) in [5.41, 5.74) is 7.08. The molecule has 0 aliphatic rings. The van der Waals surface area contributed by atoms with E-state index in [-0.39, 0.29) is 11.7 Å². The van der Waals surface area contributed by atoms with Crippen LogP contribution in [0, 0.1) is 5.82 Å². The Kier molecular flexibility index (Phi) is 3.69. The molecule has 2 rings (SSSR count). The average Bonchev–Trinajstić information content (AvgIpc) is 2.41. The Morgan fingerprint density at radius 3 is 2.28 bits per heavy atom. The van der Waals surface area contributed by atoms with Gasteiger partial charge in [0.25, 0.3) is 0 Å². The van der Waals surface area contributed by atoms with Gasteiger partial charge in [0.05, 0.1) is 0 Å². The second-order valence-corrected chi connectivity index (χ2v) is 3.88. The Bertz CT molecular complexity index is 525. The molecule has 4 heteroatoms. The SMILES string of the molecule is N[C@H](C(=O)Nc1ccc(F)cc1)c1ccccc1. The minimum Gasteiger partial charge on any atom is -0.324 e. The quantitative estimate of drug-likeness (QED) is 0.871. The van der Waals surface area contributed by atoms with E-state index in [0.717, 1.165) is 5.56 Å². The van der Waals surface area contributed by atoms with Gasteiger partial charge < -0.3 is 11.1 Å². The molecular formula is C14H13FN2O. The predicted molar refractivity (Wildman–Crippen MR) is 68.4 cm³/mol. The summed E-state index contributed by atoms with van der Waals surface area (Å²) in [7, 11) is 0. The predicted octanol–water partition coefficient (Wildman–Crippen LogP) is 2.46. The van der Waals surface area contributed by atoms with Crippen molar-refractivity contribution in [3.8, 4) is 0 Å². The van der Waals surface area contributed by atoms with Crippen molar-refractivity contribution in [2.75, 3.05) is 5.32 Å². The lowest BCUT2D eigenvalue weighted by molar-refractivity contribution is -0.117. The van der Waals surface area contributed by atoms with Gasteiger partial charge in [-0.05, 0) is 29.8 Å². The van der Waals surface area contributed by atoms with Crippen LogP contribution in [0.5, 0.6) is 0 Å². The van der Waals surface area contributed by atoms with Crippen LogP contribution in [-0.4, -0.2) is 5.91 Å². The molecule has 0 bridgehead atoms. The Morgan fingerprint density at radius 1 is 1.06 bits per heavy atom. The second-order valence-electron chi connectivity index (χ2n) is 3.88. The molecule has 0 radical (unpaired) electrons. The molecule has 0 fully saturated rings. The zero-order valence-corrected chi connectivity index (χ0v) is 9.64. The molecule has 0 heterocycles. The second kappa shape index (κ2) is 5.42. The normalized spacial score (nSPS) is 11.9. The summed E-state index contributed by atoms with van der Waals surface area (Å²) in [6, 6.07) is 13.9. The first-order valence-electron chi connectivity index (χ1n) is 5.54. The van der Waals surface area contributed by atoms with E-state index in [1.54, 1.807) is 12.1 Å². The fourth-order valence-electron chi connectivity index (χ4n) is 1.56. The zero-order valence-electron chi connectivity index (χ0n) is 9.64. The van der Waals surface area contributed by atoms with Crippen molar-refractivity contribution in [3.63, 3.8) is 0 Å². The maximum Gasteiger partial charge on any atom is 0.245 e. The number of nitrogens with two attached hydrogens (primary N) is 1. The van der Waals surface area contributed by atoms with Crippen LogP contribution in [0.2, 0.25) is 0 Å². The number of nitrogens with one attached hydrogen (secondary N) is 1. The van der Waals surface area contributed by atoms with E-state index < -0.39 is 6.04 Å². The Labute approximate surface area is 104 Å². The molecule has 2 aromatic rings. The Balaban J connectivity index is 2.06. The molecule has 0 aromatic heterocycles. The van der Waals surface area contributed by atoms with E-state index in [9.17, 15) is 9.18 Å².